The number of carbonyl (C=O) groups is 5. The fourth-order valence-corrected chi connectivity index (χ4v) is 3.70. The summed E-state index contributed by atoms with van der Waals surface area (Å²) in [5, 5.41) is 95.2. The Morgan fingerprint density at radius 2 is 0.744 bits per heavy atom. The Morgan fingerprint density at radius 3 is 0.791 bits per heavy atom. The van der Waals surface area contributed by atoms with Crippen molar-refractivity contribution in [3.8, 4) is 0 Å². The van der Waals surface area contributed by atoms with Crippen molar-refractivity contribution in [1.82, 2.24) is 21.3 Å². The second-order valence-electron chi connectivity index (χ2n) is 9.88. The zero-order valence-electron chi connectivity index (χ0n) is 23.2. The molecule has 0 aromatic carbocycles. The fraction of sp³-hybridized carbons (Fsp3) is 0.783. The molecule has 0 aromatic rings. The van der Waals surface area contributed by atoms with E-state index in [0.29, 0.717) is 51.9 Å². The van der Waals surface area contributed by atoms with Gasteiger partial charge in [0.15, 0.2) is 0 Å². The summed E-state index contributed by atoms with van der Waals surface area (Å²) in [4.78, 5) is 50.3. The minimum Gasteiger partial charge on any atom is -0.480 e. The molecule has 4 heterocycles. The number of rotatable bonds is 6. The Labute approximate surface area is 245 Å². The summed E-state index contributed by atoms with van der Waals surface area (Å²) in [7, 11) is 0. The molecule has 0 bridgehead atoms. The number of nitrogens with two attached hydrogens (primary N) is 1. The highest BCUT2D eigenvalue weighted by Gasteiger charge is 2.29. The zero-order chi connectivity index (χ0) is 33.3. The molecule has 0 aromatic heterocycles. The molecule has 0 saturated carbocycles. The predicted molar refractivity (Wildman–Crippen MR) is 143 cm³/mol. The molecular formula is C23H43N5O15. The number of aliphatic hydroxyl groups excluding tert-OH is 5. The van der Waals surface area contributed by atoms with Crippen LogP contribution in [0.4, 0.5) is 0 Å². The lowest BCUT2D eigenvalue weighted by Crippen LogP contribution is -2.33. The molecule has 16 N–H and O–H groups in total. The summed E-state index contributed by atoms with van der Waals surface area (Å²) in [5.41, 5.74) is 4.77. The summed E-state index contributed by atoms with van der Waals surface area (Å²) in [6, 6.07) is -3.29. The molecule has 0 spiro atoms. The molecule has 20 nitrogen and oxygen atoms in total. The molecule has 20 heteroatoms. The monoisotopic (exact) mass is 629 g/mol. The van der Waals surface area contributed by atoms with Gasteiger partial charge in [-0.1, -0.05) is 0 Å². The highest BCUT2D eigenvalue weighted by Crippen LogP contribution is 2.07. The minimum absolute atomic E-state index is 0.329. The lowest BCUT2D eigenvalue weighted by molar-refractivity contribution is -0.140. The van der Waals surface area contributed by atoms with Crippen LogP contribution in [0.3, 0.4) is 0 Å². The highest BCUT2D eigenvalue weighted by atomic mass is 16.4. The summed E-state index contributed by atoms with van der Waals surface area (Å²) in [5.74, 6) is -4.71. The topological polar surface area (TPSA) is 362 Å². The maximum Gasteiger partial charge on any atom is 0.322 e. The van der Waals surface area contributed by atoms with Crippen molar-refractivity contribution < 1.29 is 75.0 Å². The van der Waals surface area contributed by atoms with Crippen molar-refractivity contribution in [3.05, 3.63) is 0 Å². The number of hydrogen-bond donors (Lipinski definition) is 15. The van der Waals surface area contributed by atoms with Crippen molar-refractivity contribution in [2.75, 3.05) is 32.8 Å². The van der Waals surface area contributed by atoms with Crippen LogP contribution in [0.5, 0.6) is 0 Å². The molecule has 250 valence electrons. The number of aliphatic hydroxyl groups is 5. The van der Waals surface area contributed by atoms with Gasteiger partial charge >= 0.3 is 29.8 Å². The van der Waals surface area contributed by atoms with Gasteiger partial charge in [-0.3, -0.25) is 24.0 Å². The molecule has 0 unspecified atom stereocenters. The van der Waals surface area contributed by atoms with Crippen molar-refractivity contribution in [1.29, 1.82) is 0 Å². The number of carboxylic acid groups (broad SMARTS) is 5. The summed E-state index contributed by atoms with van der Waals surface area (Å²) < 4.78 is 0. The Bertz CT molecular complexity index is 777. The molecule has 4 rings (SSSR count). The quantitative estimate of drug-likeness (QED) is 0.130. The third-order valence-corrected chi connectivity index (χ3v) is 6.14. The Balaban J connectivity index is 0.000000515. The van der Waals surface area contributed by atoms with E-state index in [4.69, 9.17) is 56.8 Å². The normalized spacial score (nSPS) is 31.3. The zero-order valence-corrected chi connectivity index (χ0v) is 23.2. The highest BCUT2D eigenvalue weighted by molar-refractivity contribution is 5.75. The van der Waals surface area contributed by atoms with Crippen LogP contribution in [0.15, 0.2) is 0 Å². The number of nitrogens with one attached hydrogen (secondary N) is 4. The van der Waals surface area contributed by atoms with Crippen LogP contribution in [0.1, 0.15) is 25.7 Å². The van der Waals surface area contributed by atoms with Gasteiger partial charge < -0.3 is 78.1 Å². The van der Waals surface area contributed by atoms with E-state index in [2.05, 4.69) is 21.3 Å². The molecule has 4 aliphatic rings. The lowest BCUT2D eigenvalue weighted by atomic mass is 10.2. The Hall–Kier alpha value is -3.05. The lowest BCUT2D eigenvalue weighted by Gasteiger charge is -1.99. The second-order valence-corrected chi connectivity index (χ2v) is 9.88. The SMILES string of the molecule is N[C@@H](CO)C(=O)O.O=C(O)[C@@H]1C[C@@H](O)CN1.O=C(O)[C@@H]1C[C@@H](O)CN1.O=C(O)[C@@H]1C[C@@H](O)CN1.O=C(O)[C@@H]1C[C@@H](O)CN1. The Kier molecular flexibility index (Phi) is 19.3. The first-order valence-electron chi connectivity index (χ1n) is 13.1. The van der Waals surface area contributed by atoms with Crippen molar-refractivity contribution in [2.45, 2.75) is 80.3 Å². The van der Waals surface area contributed by atoms with Gasteiger partial charge in [-0.05, 0) is 0 Å². The molecule has 4 aliphatic heterocycles. The summed E-state index contributed by atoms with van der Waals surface area (Å²) in [6.07, 6.45) is -0.607. The second kappa shape index (κ2) is 20.8. The van der Waals surface area contributed by atoms with Crippen LogP contribution in [-0.4, -0.2) is 168 Å². The molecule has 0 radical (unpaired) electrons. The van der Waals surface area contributed by atoms with Crippen LogP contribution in [0, 0.1) is 0 Å². The number of β-amino-alcohol motifs (C(OH)–C–C–N with tert-alkyl or cyclic N) is 4. The standard InChI is InChI=1S/4C5H9NO3.C3H7NO3/c4*7-3-1-4(5(8)9)6-2-3;4-2(1-5)3(6)7/h4*3-4,6-7H,1-2H2,(H,8,9);2,5H,1,4H2,(H,6,7)/t4*3-,4+;2-/m11110/s1. The predicted octanol–water partition coefficient (Wildman–Crippen LogP) is -6.43. The van der Waals surface area contributed by atoms with Gasteiger partial charge in [0.1, 0.15) is 30.2 Å². The molecule has 0 amide bonds. The summed E-state index contributed by atoms with van der Waals surface area (Å²) in [6.45, 7) is 1.09. The number of carboxylic acids is 5. The van der Waals surface area contributed by atoms with Gasteiger partial charge in [-0.15, -0.1) is 0 Å². The van der Waals surface area contributed by atoms with Gasteiger partial charge in [-0.2, -0.15) is 0 Å². The van der Waals surface area contributed by atoms with Crippen LogP contribution in [-0.2, 0) is 24.0 Å². The van der Waals surface area contributed by atoms with E-state index in [1.165, 1.54) is 0 Å². The molecular weight excluding hydrogens is 586 g/mol. The van der Waals surface area contributed by atoms with Crippen LogP contribution in [0.25, 0.3) is 0 Å². The van der Waals surface area contributed by atoms with Crippen molar-refractivity contribution in [3.63, 3.8) is 0 Å². The Morgan fingerprint density at radius 1 is 0.535 bits per heavy atom. The first-order valence-corrected chi connectivity index (χ1v) is 13.1. The van der Waals surface area contributed by atoms with Crippen LogP contribution < -0.4 is 27.0 Å². The average molecular weight is 630 g/mol. The van der Waals surface area contributed by atoms with Gasteiger partial charge in [-0.25, -0.2) is 0 Å². The maximum absolute atomic E-state index is 10.2. The van der Waals surface area contributed by atoms with Crippen LogP contribution in [0.2, 0.25) is 0 Å². The number of hydrogen-bond acceptors (Lipinski definition) is 15. The largest absolute Gasteiger partial charge is 0.480 e. The van der Waals surface area contributed by atoms with Gasteiger partial charge in [0.25, 0.3) is 0 Å². The van der Waals surface area contributed by atoms with E-state index < -0.39 is 91.1 Å². The van der Waals surface area contributed by atoms with Crippen molar-refractivity contribution >= 4 is 29.8 Å². The minimum atomic E-state index is -1.18. The molecule has 0 aliphatic carbocycles. The van der Waals surface area contributed by atoms with Crippen LogP contribution >= 0.6 is 0 Å². The van der Waals surface area contributed by atoms with Crippen molar-refractivity contribution in [2.24, 2.45) is 5.73 Å². The van der Waals surface area contributed by atoms with E-state index in [1.807, 2.05) is 0 Å². The smallest absolute Gasteiger partial charge is 0.322 e. The fourth-order valence-electron chi connectivity index (χ4n) is 3.70. The summed E-state index contributed by atoms with van der Waals surface area (Å²) >= 11 is 0. The maximum atomic E-state index is 10.2. The third kappa shape index (κ3) is 17.6. The van der Waals surface area contributed by atoms with E-state index in [0.717, 1.165) is 0 Å². The van der Waals surface area contributed by atoms with E-state index >= 15 is 0 Å². The first kappa shape index (κ1) is 40.0. The van der Waals surface area contributed by atoms with Gasteiger partial charge in [0.05, 0.1) is 31.0 Å². The van der Waals surface area contributed by atoms with E-state index in [-0.39, 0.29) is 0 Å². The molecule has 4 saturated heterocycles. The molecule has 43 heavy (non-hydrogen) atoms. The molecule has 4 fully saturated rings. The van der Waals surface area contributed by atoms with Gasteiger partial charge in [0.2, 0.25) is 0 Å². The van der Waals surface area contributed by atoms with E-state index in [9.17, 15) is 24.0 Å². The van der Waals surface area contributed by atoms with E-state index in [1.54, 1.807) is 0 Å². The number of aliphatic carboxylic acids is 5. The van der Waals surface area contributed by atoms with Gasteiger partial charge in [0, 0.05) is 51.9 Å². The molecule has 9 atom stereocenters. The first-order chi connectivity index (χ1) is 20.0. The average Bonchev–Trinajstić information content (AvgIpc) is 3.74. The third-order valence-electron chi connectivity index (χ3n) is 6.14.